The van der Waals surface area contributed by atoms with Crippen LogP contribution in [0.3, 0.4) is 0 Å². The molecule has 1 aromatic heterocycles. The van der Waals surface area contributed by atoms with Gasteiger partial charge in [-0.1, -0.05) is 49.9 Å². The van der Waals surface area contributed by atoms with E-state index in [-0.39, 0.29) is 64.9 Å². The average Bonchev–Trinajstić information content (AvgIpc) is 3.65. The van der Waals surface area contributed by atoms with E-state index in [1.165, 1.54) is 4.85 Å². The minimum Gasteiger partial charge on any atom is -0.466 e. The lowest BCUT2D eigenvalue weighted by Gasteiger charge is -2.71. The first-order valence-electron chi connectivity index (χ1n) is 17.8. The van der Waals surface area contributed by atoms with E-state index in [0.29, 0.717) is 30.5 Å². The van der Waals surface area contributed by atoms with Crippen molar-refractivity contribution in [1.82, 2.24) is 15.2 Å². The van der Waals surface area contributed by atoms with Crippen molar-refractivity contribution < 1.29 is 29.0 Å². The molecule has 9 heteroatoms. The first-order chi connectivity index (χ1) is 22.1. The molecule has 4 saturated carbocycles. The SMILES string of the molecule is C=C(C)[C@@H]1CC[C@]2(C(=O)On3nnc4ccccc43)CC[C@]3(C)[C@H](C[C@@H](O)[C@@H]4[C@@]5(C)C(CC(=O)OCC)OC(C)(C)C5CC[C@]43C)[C@@H]12. The summed E-state index contributed by atoms with van der Waals surface area (Å²) < 4.78 is 12.2. The number of aliphatic hydroxyl groups is 1. The van der Waals surface area contributed by atoms with E-state index in [4.69, 9.17) is 14.3 Å². The predicted molar refractivity (Wildman–Crippen MR) is 177 cm³/mol. The van der Waals surface area contributed by atoms with E-state index < -0.39 is 22.5 Å². The summed E-state index contributed by atoms with van der Waals surface area (Å²) in [7, 11) is 0. The molecular formula is C38H53N3O6. The number of carbonyl (C=O) groups excluding carboxylic acids is 2. The Morgan fingerprint density at radius 2 is 1.81 bits per heavy atom. The molecule has 11 atom stereocenters. The fourth-order valence-electron chi connectivity index (χ4n) is 12.7. The minimum absolute atomic E-state index is 0.00871. The number of allylic oxidation sites excluding steroid dienone is 1. The van der Waals surface area contributed by atoms with E-state index in [0.717, 1.165) is 37.7 Å². The Hall–Kier alpha value is -2.78. The second kappa shape index (κ2) is 10.9. The van der Waals surface area contributed by atoms with Crippen LogP contribution in [0.5, 0.6) is 0 Å². The number of hydrogen-bond donors (Lipinski definition) is 1. The van der Waals surface area contributed by atoms with Gasteiger partial charge in [-0.15, -0.1) is 5.10 Å². The Morgan fingerprint density at radius 1 is 1.06 bits per heavy atom. The van der Waals surface area contributed by atoms with Crippen LogP contribution >= 0.6 is 0 Å². The summed E-state index contributed by atoms with van der Waals surface area (Å²) in [6.45, 7) is 20.1. The maximum absolute atomic E-state index is 14.5. The number of nitrogens with zero attached hydrogens (tertiary/aromatic N) is 3. The highest BCUT2D eigenvalue weighted by Gasteiger charge is 2.76. The smallest absolute Gasteiger partial charge is 0.341 e. The van der Waals surface area contributed by atoms with Gasteiger partial charge in [0.2, 0.25) is 0 Å². The van der Waals surface area contributed by atoms with Gasteiger partial charge in [-0.3, -0.25) is 4.79 Å². The van der Waals surface area contributed by atoms with Crippen LogP contribution in [0.2, 0.25) is 0 Å². The largest absolute Gasteiger partial charge is 0.466 e. The van der Waals surface area contributed by atoms with E-state index in [2.05, 4.69) is 58.4 Å². The van der Waals surface area contributed by atoms with E-state index in [1.54, 1.807) is 0 Å². The normalized spacial score (nSPS) is 43.4. The van der Waals surface area contributed by atoms with E-state index in [9.17, 15) is 14.7 Å². The molecule has 0 bridgehead atoms. The fraction of sp³-hybridized carbons (Fsp3) is 0.737. The number of hydrogen-bond acceptors (Lipinski definition) is 8. The molecule has 1 aliphatic heterocycles. The maximum Gasteiger partial charge on any atom is 0.341 e. The summed E-state index contributed by atoms with van der Waals surface area (Å²) >= 11 is 0. The summed E-state index contributed by atoms with van der Waals surface area (Å²) in [5.74, 6) is -0.116. The van der Waals surface area contributed by atoms with Gasteiger partial charge in [0.05, 0.1) is 36.3 Å². The quantitative estimate of drug-likeness (QED) is 0.220. The van der Waals surface area contributed by atoms with Crippen molar-refractivity contribution >= 4 is 23.0 Å². The van der Waals surface area contributed by atoms with Gasteiger partial charge < -0.3 is 19.4 Å². The highest BCUT2D eigenvalue weighted by atomic mass is 16.7. The summed E-state index contributed by atoms with van der Waals surface area (Å²) in [5, 5.41) is 20.9. The zero-order chi connectivity index (χ0) is 33.7. The number of benzene rings is 1. The lowest BCUT2D eigenvalue weighted by molar-refractivity contribution is -0.255. The Labute approximate surface area is 278 Å². The minimum atomic E-state index is -0.699. The highest BCUT2D eigenvalue weighted by molar-refractivity contribution is 5.80. The van der Waals surface area contributed by atoms with E-state index in [1.807, 2.05) is 31.2 Å². The Kier molecular flexibility index (Phi) is 7.57. The van der Waals surface area contributed by atoms with Gasteiger partial charge in [-0.2, -0.15) is 0 Å². The number of rotatable bonds is 6. The molecule has 2 heterocycles. The Bertz CT molecular complexity index is 1600. The van der Waals surface area contributed by atoms with Crippen LogP contribution in [0.4, 0.5) is 0 Å². The van der Waals surface area contributed by atoms with Crippen molar-refractivity contribution in [1.29, 1.82) is 0 Å². The molecule has 0 radical (unpaired) electrons. The first kappa shape index (κ1) is 32.8. The van der Waals surface area contributed by atoms with Gasteiger partial charge in [0.25, 0.3) is 0 Å². The number of aromatic nitrogens is 3. The Balaban J connectivity index is 1.27. The highest BCUT2D eigenvalue weighted by Crippen LogP contribution is 2.77. The average molecular weight is 648 g/mol. The topological polar surface area (TPSA) is 113 Å². The number of ether oxygens (including phenoxy) is 2. The molecule has 2 aromatic rings. The number of aliphatic hydroxyl groups excluding tert-OH is 1. The van der Waals surface area contributed by atoms with Crippen molar-refractivity contribution in [2.24, 2.45) is 51.2 Å². The van der Waals surface area contributed by atoms with Gasteiger partial charge in [0.15, 0.2) is 0 Å². The van der Waals surface area contributed by atoms with Gasteiger partial charge in [0, 0.05) is 5.41 Å². The van der Waals surface area contributed by atoms with Crippen molar-refractivity contribution in [2.45, 2.75) is 118 Å². The first-order valence-corrected chi connectivity index (χ1v) is 17.8. The lowest BCUT2D eigenvalue weighted by atomic mass is 9.33. The number of esters is 1. The van der Waals surface area contributed by atoms with E-state index >= 15 is 0 Å². The van der Waals surface area contributed by atoms with Crippen molar-refractivity contribution in [2.75, 3.05) is 6.61 Å². The molecular weight excluding hydrogens is 594 g/mol. The number of para-hydroxylation sites is 1. The van der Waals surface area contributed by atoms with Crippen LogP contribution in [0.25, 0.3) is 11.0 Å². The summed E-state index contributed by atoms with van der Waals surface area (Å²) in [6, 6.07) is 7.50. The molecule has 256 valence electrons. The molecule has 7 rings (SSSR count). The van der Waals surface area contributed by atoms with Gasteiger partial charge in [-0.05, 0) is 130 Å². The zero-order valence-corrected chi connectivity index (χ0v) is 29.3. The van der Waals surface area contributed by atoms with Crippen molar-refractivity contribution in [3.8, 4) is 0 Å². The second-order valence-electron chi connectivity index (χ2n) is 16.9. The summed E-state index contributed by atoms with van der Waals surface area (Å²) in [5.41, 5.74) is 0.510. The van der Waals surface area contributed by atoms with Gasteiger partial charge >= 0.3 is 11.9 Å². The third kappa shape index (κ3) is 4.40. The molecule has 4 aliphatic carbocycles. The fourth-order valence-corrected chi connectivity index (χ4v) is 12.7. The van der Waals surface area contributed by atoms with Crippen LogP contribution in [0.15, 0.2) is 36.4 Å². The number of fused-ring (bicyclic) bond motifs is 8. The van der Waals surface area contributed by atoms with Gasteiger partial charge in [0.1, 0.15) is 11.0 Å². The predicted octanol–water partition coefficient (Wildman–Crippen LogP) is 6.33. The second-order valence-corrected chi connectivity index (χ2v) is 16.9. The van der Waals surface area contributed by atoms with Crippen LogP contribution in [0, 0.1) is 51.2 Å². The van der Waals surface area contributed by atoms with Crippen molar-refractivity contribution in [3.63, 3.8) is 0 Å². The molecule has 9 nitrogen and oxygen atoms in total. The molecule has 47 heavy (non-hydrogen) atoms. The maximum atomic E-state index is 14.5. The van der Waals surface area contributed by atoms with Crippen LogP contribution in [-0.2, 0) is 19.1 Å². The lowest BCUT2D eigenvalue weighted by Crippen LogP contribution is -2.69. The Morgan fingerprint density at radius 3 is 2.53 bits per heavy atom. The summed E-state index contributed by atoms with van der Waals surface area (Å²) in [4.78, 5) is 34.8. The zero-order valence-electron chi connectivity index (χ0n) is 29.3. The molecule has 1 N–H and O–H groups in total. The van der Waals surface area contributed by atoms with Gasteiger partial charge in [-0.25, -0.2) is 4.79 Å². The molecule has 2 unspecified atom stereocenters. The molecule has 0 amide bonds. The molecule has 0 spiro atoms. The van der Waals surface area contributed by atoms with Crippen LogP contribution < -0.4 is 4.84 Å². The number of carbonyl (C=O) groups is 2. The molecule has 1 saturated heterocycles. The molecule has 5 fully saturated rings. The van der Waals surface area contributed by atoms with Crippen molar-refractivity contribution in [3.05, 3.63) is 36.4 Å². The van der Waals surface area contributed by atoms with Crippen LogP contribution in [0.1, 0.15) is 99.8 Å². The third-order valence-electron chi connectivity index (χ3n) is 14.7. The monoisotopic (exact) mass is 647 g/mol. The van der Waals surface area contributed by atoms with Crippen LogP contribution in [-0.4, -0.2) is 56.6 Å². The molecule has 5 aliphatic rings. The third-order valence-corrected chi connectivity index (χ3v) is 14.7. The summed E-state index contributed by atoms with van der Waals surface area (Å²) in [6.07, 6.45) is 4.95. The standard InChI is InChI=1S/C38H53N3O6/c1-9-45-30(43)21-29-37(8)28(34(4,5)46-29)15-16-36(7)32(37)27(42)20-24-31-23(22(2)3)14-17-38(31,19-18-35(24,36)6)33(44)47-41-26-13-11-10-12-25(26)39-40-41/h10-13,23-24,27-29,31-32,42H,2,9,14-21H2,1,3-8H3/t23-,24+,27+,28?,29?,31+,32-,35+,36+,37+,38-/m0/s1. The molecule has 1 aromatic carbocycles.